The van der Waals surface area contributed by atoms with Crippen molar-refractivity contribution in [3.63, 3.8) is 0 Å². The van der Waals surface area contributed by atoms with Gasteiger partial charge in [-0.25, -0.2) is 8.78 Å². The number of aromatic nitrogens is 4. The number of phenols is 1. The Bertz CT molecular complexity index is 2940. The molecule has 3 aromatic heterocycles. The summed E-state index contributed by atoms with van der Waals surface area (Å²) in [7, 11) is 0. The number of amides is 2. The van der Waals surface area contributed by atoms with Gasteiger partial charge in [0, 0.05) is 60.2 Å². The summed E-state index contributed by atoms with van der Waals surface area (Å²) in [6, 6.07) is 12.6. The summed E-state index contributed by atoms with van der Waals surface area (Å²) in [5.74, 6) is -1.50. The number of benzene rings is 3. The maximum Gasteiger partial charge on any atom is 0.319 e. The summed E-state index contributed by atoms with van der Waals surface area (Å²) in [6.07, 6.45) is 10.2. The lowest BCUT2D eigenvalue weighted by Gasteiger charge is -2.42. The van der Waals surface area contributed by atoms with Crippen LogP contribution in [-0.2, 0) is 16.0 Å². The molecule has 356 valence electrons. The lowest BCUT2D eigenvalue weighted by atomic mass is 9.86. The monoisotopic (exact) mass is 928 g/mol. The Labute approximate surface area is 393 Å². The second-order valence-corrected chi connectivity index (χ2v) is 20.4. The number of para-hydroxylation sites is 1. The van der Waals surface area contributed by atoms with Gasteiger partial charge in [-0.15, -0.1) is 0 Å². The molecule has 4 saturated heterocycles. The van der Waals surface area contributed by atoms with Gasteiger partial charge in [0.15, 0.2) is 11.4 Å². The smallest absolute Gasteiger partial charge is 0.319 e. The fraction of sp³-hybridized carbons (Fsp3) is 0.500. The minimum Gasteiger partial charge on any atom is -0.508 e. The highest BCUT2D eigenvalue weighted by atomic mass is 19.1. The number of hydrogen-bond acceptors (Lipinski definition) is 13. The lowest BCUT2D eigenvalue weighted by Crippen LogP contribution is -2.48. The third-order valence-corrected chi connectivity index (χ3v) is 15.6. The van der Waals surface area contributed by atoms with Gasteiger partial charge in [-0.3, -0.25) is 19.9 Å². The standard InChI is InChI=1S/C52H58F2N8O6/c1-3-34-40(53)10-8-31-24-33(63)25-38(42(31)34)45-43(54)46-39(26-55-45)48(62-19-5-16-51(2,66)27-62)58-50(57-46)67-29-52(17-18-52)28-60-20-14-32(15-21-60)61-22-12-30(13-23-61)35-6-4-7-36-44(59-68-47(35)36)37-9-11-41(64)56-49(37)65/h4,6-8,10,24-26,30,32,37,63,66H,3,5,9,11-23,27-29H2,1-2H3,(H,56,64,65)/t37?,51-/m1/s1. The SMILES string of the molecule is CCc1c(F)ccc2cc(O)cc(-c3ncc4c(N5CCC[C@@](C)(O)C5)nc(OCC5(CN6CCC(N7CCC(c8cccc9c(C%10CCC(=O)NC%10=O)noc89)CC7)CC6)CC5)nc4c3F)c12. The number of rotatable bonds is 11. The third-order valence-electron chi connectivity index (χ3n) is 15.6. The highest BCUT2D eigenvalue weighted by Crippen LogP contribution is 2.48. The number of phenolic OH excluding ortho intramolecular Hbond substituents is 1. The van der Waals surface area contributed by atoms with Crippen molar-refractivity contribution in [3.8, 4) is 23.0 Å². The van der Waals surface area contributed by atoms with E-state index in [1.54, 1.807) is 19.1 Å². The van der Waals surface area contributed by atoms with Crippen LogP contribution >= 0.6 is 0 Å². The highest BCUT2D eigenvalue weighted by Gasteiger charge is 2.46. The van der Waals surface area contributed by atoms with E-state index < -0.39 is 23.2 Å². The predicted octanol–water partition coefficient (Wildman–Crippen LogP) is 7.91. The van der Waals surface area contributed by atoms with E-state index >= 15 is 8.78 Å². The van der Waals surface area contributed by atoms with Crippen molar-refractivity contribution < 1.29 is 37.8 Å². The Morgan fingerprint density at radius 3 is 2.51 bits per heavy atom. The topological polar surface area (TPSA) is 170 Å². The second-order valence-electron chi connectivity index (χ2n) is 20.4. The van der Waals surface area contributed by atoms with E-state index in [0.717, 1.165) is 94.2 Å². The summed E-state index contributed by atoms with van der Waals surface area (Å²) >= 11 is 0. The van der Waals surface area contributed by atoms with Crippen LogP contribution in [-0.4, -0.2) is 116 Å². The van der Waals surface area contributed by atoms with E-state index in [-0.39, 0.29) is 45.8 Å². The predicted molar refractivity (Wildman–Crippen MR) is 253 cm³/mol. The van der Waals surface area contributed by atoms with Gasteiger partial charge >= 0.3 is 6.01 Å². The number of nitrogens with one attached hydrogen (secondary N) is 1. The molecule has 0 bridgehead atoms. The average Bonchev–Trinajstić information content (AvgIpc) is 3.96. The minimum absolute atomic E-state index is 0.0102. The number of halogens is 2. The molecule has 68 heavy (non-hydrogen) atoms. The van der Waals surface area contributed by atoms with Crippen LogP contribution in [0.15, 0.2) is 53.2 Å². The summed E-state index contributed by atoms with van der Waals surface area (Å²) < 4.78 is 44.7. The molecule has 5 aliphatic rings. The molecule has 1 aliphatic carbocycles. The van der Waals surface area contributed by atoms with E-state index in [1.807, 2.05) is 24.0 Å². The quantitative estimate of drug-likeness (QED) is 0.107. The van der Waals surface area contributed by atoms with Crippen LogP contribution in [0.25, 0.3) is 43.9 Å². The van der Waals surface area contributed by atoms with Gasteiger partial charge in [0.1, 0.15) is 34.3 Å². The summed E-state index contributed by atoms with van der Waals surface area (Å²) in [5, 5.41) is 30.9. The number of fused-ring (bicyclic) bond motifs is 3. The van der Waals surface area contributed by atoms with Crippen LogP contribution in [0.1, 0.15) is 107 Å². The Kier molecular flexibility index (Phi) is 11.6. The van der Waals surface area contributed by atoms with E-state index in [0.29, 0.717) is 90.6 Å². The van der Waals surface area contributed by atoms with E-state index in [9.17, 15) is 19.8 Å². The molecule has 11 rings (SSSR count). The van der Waals surface area contributed by atoms with Crippen LogP contribution in [0.2, 0.25) is 0 Å². The summed E-state index contributed by atoms with van der Waals surface area (Å²) in [4.78, 5) is 45.7. The maximum atomic E-state index is 17.1. The number of pyridine rings is 1. The van der Waals surface area contributed by atoms with Crippen molar-refractivity contribution >= 4 is 50.3 Å². The van der Waals surface area contributed by atoms with Gasteiger partial charge in [-0.1, -0.05) is 30.3 Å². The largest absolute Gasteiger partial charge is 0.508 e. The Balaban J connectivity index is 0.763. The molecular weight excluding hydrogens is 871 g/mol. The number of anilines is 1. The molecule has 0 radical (unpaired) electrons. The first-order valence-corrected chi connectivity index (χ1v) is 24.4. The van der Waals surface area contributed by atoms with Gasteiger partial charge in [0.05, 0.1) is 23.5 Å². The molecule has 16 heteroatoms. The molecular formula is C52H58F2N8O6. The first kappa shape index (κ1) is 44.7. The molecule has 1 unspecified atom stereocenters. The molecule has 3 aromatic carbocycles. The summed E-state index contributed by atoms with van der Waals surface area (Å²) in [5.41, 5.74) is 2.11. The highest BCUT2D eigenvalue weighted by molar-refractivity contribution is 6.03. The first-order chi connectivity index (χ1) is 32.9. The molecule has 5 fully saturated rings. The van der Waals surface area contributed by atoms with E-state index in [4.69, 9.17) is 19.2 Å². The van der Waals surface area contributed by atoms with Crippen LogP contribution in [0.4, 0.5) is 14.6 Å². The molecule has 7 heterocycles. The lowest BCUT2D eigenvalue weighted by molar-refractivity contribution is -0.134. The first-order valence-electron chi connectivity index (χ1n) is 24.4. The number of likely N-dealkylation sites (tertiary alicyclic amines) is 2. The van der Waals surface area contributed by atoms with Crippen molar-refractivity contribution in [3.05, 3.63) is 77.1 Å². The molecule has 2 amide bonds. The van der Waals surface area contributed by atoms with Crippen molar-refractivity contribution in [2.24, 2.45) is 5.41 Å². The molecule has 6 aromatic rings. The number of carbonyl (C=O) groups excluding carboxylic acids is 2. The molecule has 1 saturated carbocycles. The van der Waals surface area contributed by atoms with Gasteiger partial charge < -0.3 is 34.2 Å². The normalized spacial score (nSPS) is 23.2. The zero-order chi connectivity index (χ0) is 46.9. The molecule has 0 spiro atoms. The number of β-amino-alcohol motifs (C(OH)–C–C–N with tert-alkyl or cyclic N) is 1. The Morgan fingerprint density at radius 1 is 0.956 bits per heavy atom. The number of imide groups is 1. The number of hydrogen-bond donors (Lipinski definition) is 3. The minimum atomic E-state index is -0.966. The molecule has 2 atom stereocenters. The zero-order valence-corrected chi connectivity index (χ0v) is 38.7. The Hall–Kier alpha value is -5.84. The van der Waals surface area contributed by atoms with Crippen LogP contribution < -0.4 is 15.0 Å². The second kappa shape index (κ2) is 17.6. The van der Waals surface area contributed by atoms with Gasteiger partial charge in [-0.2, -0.15) is 9.97 Å². The Morgan fingerprint density at radius 2 is 1.76 bits per heavy atom. The van der Waals surface area contributed by atoms with Crippen LogP contribution in [0.3, 0.4) is 0 Å². The van der Waals surface area contributed by atoms with Crippen LogP contribution in [0, 0.1) is 17.0 Å². The fourth-order valence-electron chi connectivity index (χ4n) is 11.7. The number of nitrogens with zero attached hydrogens (tertiary/aromatic N) is 7. The van der Waals surface area contributed by atoms with E-state index in [2.05, 4.69) is 31.3 Å². The van der Waals surface area contributed by atoms with Gasteiger partial charge in [-0.05, 0) is 144 Å². The van der Waals surface area contributed by atoms with Crippen molar-refractivity contribution in [2.45, 2.75) is 108 Å². The number of aromatic hydroxyl groups is 1. The number of aryl methyl sites for hydroxylation is 1. The van der Waals surface area contributed by atoms with Crippen LogP contribution in [0.5, 0.6) is 11.8 Å². The van der Waals surface area contributed by atoms with Gasteiger partial charge in [0.25, 0.3) is 0 Å². The number of piperidine rings is 4. The van der Waals surface area contributed by atoms with Crippen molar-refractivity contribution in [1.82, 2.24) is 35.2 Å². The van der Waals surface area contributed by atoms with Crippen molar-refractivity contribution in [2.75, 3.05) is 57.3 Å². The maximum absolute atomic E-state index is 17.1. The third kappa shape index (κ3) is 8.42. The molecule has 14 nitrogen and oxygen atoms in total. The van der Waals surface area contributed by atoms with Gasteiger partial charge in [0.2, 0.25) is 11.8 Å². The summed E-state index contributed by atoms with van der Waals surface area (Å²) in [6.45, 7) is 9.79. The number of aliphatic hydroxyl groups is 1. The number of ether oxygens (including phenoxy) is 1. The number of carbonyl (C=O) groups is 2. The molecule has 4 aliphatic heterocycles. The molecule has 3 N–H and O–H groups in total. The average molecular weight is 929 g/mol. The zero-order valence-electron chi connectivity index (χ0n) is 38.7. The van der Waals surface area contributed by atoms with Crippen molar-refractivity contribution in [1.29, 1.82) is 0 Å². The fourth-order valence-corrected chi connectivity index (χ4v) is 11.7. The van der Waals surface area contributed by atoms with E-state index in [1.165, 1.54) is 18.3 Å².